The van der Waals surface area contributed by atoms with Gasteiger partial charge in [0, 0.05) is 10.8 Å². The lowest BCUT2D eigenvalue weighted by atomic mass is 9.83. The molecule has 0 fully saturated rings. The second-order valence-corrected chi connectivity index (χ2v) is 8.66. The molecule has 1 nitrogen and oxygen atoms in total. The lowest BCUT2D eigenvalue weighted by Crippen LogP contribution is -2.11. The van der Waals surface area contributed by atoms with Gasteiger partial charge in [0.1, 0.15) is 11.2 Å². The quantitative estimate of drug-likeness (QED) is 0.302. The number of furan rings is 1. The Balaban J connectivity index is 1.90. The molecule has 4 aromatic carbocycles. The number of hydrogen-bond acceptors (Lipinski definition) is 1. The van der Waals surface area contributed by atoms with Crippen LogP contribution >= 0.6 is 0 Å². The predicted octanol–water partition coefficient (Wildman–Crippen LogP) is 8.22. The van der Waals surface area contributed by atoms with Crippen molar-refractivity contribution in [2.75, 3.05) is 0 Å². The molecule has 1 heteroatoms. The number of fused-ring (bicyclic) bond motifs is 3. The predicted molar refractivity (Wildman–Crippen MR) is 123 cm³/mol. The Morgan fingerprint density at radius 2 is 1.24 bits per heavy atom. The summed E-state index contributed by atoms with van der Waals surface area (Å²) >= 11 is 0. The van der Waals surface area contributed by atoms with Gasteiger partial charge < -0.3 is 4.42 Å². The summed E-state index contributed by atoms with van der Waals surface area (Å²) < 4.78 is 6.30. The fourth-order valence-electron chi connectivity index (χ4n) is 4.09. The lowest BCUT2D eigenvalue weighted by Gasteiger charge is -2.21. The fourth-order valence-corrected chi connectivity index (χ4v) is 4.09. The lowest BCUT2D eigenvalue weighted by molar-refractivity contribution is 0.588. The largest absolute Gasteiger partial charge is 0.456 e. The van der Waals surface area contributed by atoms with E-state index in [-0.39, 0.29) is 5.41 Å². The van der Waals surface area contributed by atoms with E-state index < -0.39 is 0 Å². The van der Waals surface area contributed by atoms with Crippen molar-refractivity contribution in [1.29, 1.82) is 0 Å². The highest BCUT2D eigenvalue weighted by atomic mass is 16.3. The number of rotatable bonds is 2. The molecule has 1 aromatic heterocycles. The van der Waals surface area contributed by atoms with E-state index in [1.165, 1.54) is 38.6 Å². The maximum atomic E-state index is 6.30. The molecule has 0 N–H and O–H groups in total. The smallest absolute Gasteiger partial charge is 0.136 e. The van der Waals surface area contributed by atoms with E-state index >= 15 is 0 Å². The molecule has 0 bridgehead atoms. The Morgan fingerprint density at radius 1 is 0.586 bits per heavy atom. The highest BCUT2D eigenvalue weighted by molar-refractivity contribution is 6.14. The van der Waals surface area contributed by atoms with Crippen LogP contribution in [0.1, 0.15) is 26.3 Å². The van der Waals surface area contributed by atoms with Crippen molar-refractivity contribution in [3.63, 3.8) is 0 Å². The Bertz CT molecular complexity index is 1320. The second-order valence-electron chi connectivity index (χ2n) is 8.66. The first kappa shape index (κ1) is 17.8. The average Bonchev–Trinajstić information content (AvgIpc) is 3.12. The van der Waals surface area contributed by atoms with Gasteiger partial charge in [-0.1, -0.05) is 93.6 Å². The molecule has 1 heterocycles. The Hall–Kier alpha value is -3.32. The third kappa shape index (κ3) is 3.03. The second kappa shape index (κ2) is 6.63. The number of hydrogen-bond donors (Lipinski definition) is 0. The third-order valence-corrected chi connectivity index (χ3v) is 5.65. The van der Waals surface area contributed by atoms with E-state index in [9.17, 15) is 0 Å². The molecule has 0 aliphatic rings. The summed E-state index contributed by atoms with van der Waals surface area (Å²) in [5.41, 5.74) is 8.14. The Labute approximate surface area is 171 Å². The third-order valence-electron chi connectivity index (χ3n) is 5.65. The van der Waals surface area contributed by atoms with Crippen LogP contribution < -0.4 is 0 Å². The molecule has 0 spiro atoms. The van der Waals surface area contributed by atoms with Gasteiger partial charge in [-0.05, 0) is 51.4 Å². The summed E-state index contributed by atoms with van der Waals surface area (Å²) in [5, 5.41) is 2.36. The molecule has 5 rings (SSSR count). The minimum atomic E-state index is 0.0314. The van der Waals surface area contributed by atoms with Gasteiger partial charge in [0.15, 0.2) is 0 Å². The molecule has 0 radical (unpaired) electrons. The van der Waals surface area contributed by atoms with Crippen molar-refractivity contribution in [3.05, 3.63) is 96.6 Å². The standard InChI is InChI=1S/C28H24O/c1-28(2,3)20-17-24(27-23-15-9-10-16-25(23)29-26(27)18-20)22-14-8-7-13-21(22)19-11-5-4-6-12-19/h4-18H,1-3H3. The number of para-hydroxylation sites is 1. The minimum absolute atomic E-state index is 0.0314. The topological polar surface area (TPSA) is 13.1 Å². The van der Waals surface area contributed by atoms with Crippen LogP contribution in [0, 0.1) is 0 Å². The van der Waals surface area contributed by atoms with E-state index in [1.807, 2.05) is 6.07 Å². The maximum Gasteiger partial charge on any atom is 0.136 e. The Kier molecular flexibility index (Phi) is 4.06. The van der Waals surface area contributed by atoms with Crippen LogP contribution in [-0.4, -0.2) is 0 Å². The van der Waals surface area contributed by atoms with Crippen molar-refractivity contribution >= 4 is 21.9 Å². The zero-order chi connectivity index (χ0) is 20.0. The van der Waals surface area contributed by atoms with Crippen molar-refractivity contribution in [3.8, 4) is 22.3 Å². The molecule has 0 aliphatic carbocycles. The normalized spacial score (nSPS) is 12.0. The van der Waals surface area contributed by atoms with E-state index in [4.69, 9.17) is 4.42 Å². The molecule has 0 atom stereocenters. The van der Waals surface area contributed by atoms with Crippen LogP contribution in [0.25, 0.3) is 44.2 Å². The number of benzene rings is 4. The van der Waals surface area contributed by atoms with Crippen LogP contribution in [-0.2, 0) is 5.41 Å². The molecular formula is C28H24O. The monoisotopic (exact) mass is 376 g/mol. The van der Waals surface area contributed by atoms with Gasteiger partial charge in [0.25, 0.3) is 0 Å². The van der Waals surface area contributed by atoms with Crippen LogP contribution in [0.5, 0.6) is 0 Å². The highest BCUT2D eigenvalue weighted by Gasteiger charge is 2.21. The van der Waals surface area contributed by atoms with Crippen LogP contribution in [0.2, 0.25) is 0 Å². The fraction of sp³-hybridized carbons (Fsp3) is 0.143. The first-order chi connectivity index (χ1) is 14.0. The minimum Gasteiger partial charge on any atom is -0.456 e. The van der Waals surface area contributed by atoms with Gasteiger partial charge in [-0.25, -0.2) is 0 Å². The summed E-state index contributed by atoms with van der Waals surface area (Å²) in [4.78, 5) is 0. The van der Waals surface area contributed by atoms with Gasteiger partial charge in [0.05, 0.1) is 0 Å². The summed E-state index contributed by atoms with van der Waals surface area (Å²) in [5.74, 6) is 0. The molecule has 0 amide bonds. The molecule has 0 unspecified atom stereocenters. The first-order valence-electron chi connectivity index (χ1n) is 10.1. The summed E-state index contributed by atoms with van der Waals surface area (Å²) in [6, 6.07) is 32.2. The zero-order valence-electron chi connectivity index (χ0n) is 17.1. The van der Waals surface area contributed by atoms with Crippen LogP contribution in [0.3, 0.4) is 0 Å². The van der Waals surface area contributed by atoms with Crippen molar-refractivity contribution in [2.24, 2.45) is 0 Å². The van der Waals surface area contributed by atoms with Crippen molar-refractivity contribution in [2.45, 2.75) is 26.2 Å². The van der Waals surface area contributed by atoms with Gasteiger partial charge in [0.2, 0.25) is 0 Å². The maximum absolute atomic E-state index is 6.30. The molecule has 5 aromatic rings. The van der Waals surface area contributed by atoms with Crippen LogP contribution in [0.4, 0.5) is 0 Å². The van der Waals surface area contributed by atoms with Gasteiger partial charge in [-0.3, -0.25) is 0 Å². The van der Waals surface area contributed by atoms with Crippen molar-refractivity contribution < 1.29 is 4.42 Å². The molecular weight excluding hydrogens is 352 g/mol. The molecule has 142 valence electrons. The van der Waals surface area contributed by atoms with Gasteiger partial charge in [-0.2, -0.15) is 0 Å². The Morgan fingerprint density at radius 3 is 2.00 bits per heavy atom. The van der Waals surface area contributed by atoms with Gasteiger partial charge in [-0.15, -0.1) is 0 Å². The van der Waals surface area contributed by atoms with E-state index in [0.29, 0.717) is 0 Å². The molecule has 0 saturated carbocycles. The SMILES string of the molecule is CC(C)(C)c1cc(-c2ccccc2-c2ccccc2)c2c(c1)oc1ccccc12. The molecule has 0 saturated heterocycles. The molecule has 0 aliphatic heterocycles. The van der Waals surface area contributed by atoms with E-state index in [0.717, 1.165) is 11.2 Å². The zero-order valence-corrected chi connectivity index (χ0v) is 17.1. The van der Waals surface area contributed by atoms with Gasteiger partial charge >= 0.3 is 0 Å². The molecule has 29 heavy (non-hydrogen) atoms. The van der Waals surface area contributed by atoms with Crippen LogP contribution in [0.15, 0.2) is 95.4 Å². The highest BCUT2D eigenvalue weighted by Crippen LogP contribution is 2.42. The first-order valence-corrected chi connectivity index (χ1v) is 10.1. The summed E-state index contributed by atoms with van der Waals surface area (Å²) in [6.07, 6.45) is 0. The van der Waals surface area contributed by atoms with Crippen molar-refractivity contribution in [1.82, 2.24) is 0 Å². The summed E-state index contributed by atoms with van der Waals surface area (Å²) in [7, 11) is 0. The van der Waals surface area contributed by atoms with E-state index in [1.54, 1.807) is 0 Å². The summed E-state index contributed by atoms with van der Waals surface area (Å²) in [6.45, 7) is 6.76. The van der Waals surface area contributed by atoms with E-state index in [2.05, 4.69) is 106 Å². The average molecular weight is 376 g/mol.